The van der Waals surface area contributed by atoms with Gasteiger partial charge >= 0.3 is 0 Å². The van der Waals surface area contributed by atoms with Gasteiger partial charge in [0, 0.05) is 18.9 Å². The first kappa shape index (κ1) is 11.6. The summed E-state index contributed by atoms with van der Waals surface area (Å²) >= 11 is 0. The molecule has 88 valence electrons. The fourth-order valence-corrected chi connectivity index (χ4v) is 1.80. The average molecular weight is 228 g/mol. The van der Waals surface area contributed by atoms with Gasteiger partial charge in [0.25, 0.3) is 0 Å². The standard InChI is InChI=1S/C14H16N2O/c1-3-14(17)16(2)10-12-9-8-11-6-4-5-7-13(11)15-12/h4-9H,3,10H2,1-2H3. The van der Waals surface area contributed by atoms with Crippen molar-refractivity contribution in [1.29, 1.82) is 0 Å². The Morgan fingerprint density at radius 3 is 2.76 bits per heavy atom. The van der Waals surface area contributed by atoms with Crippen molar-refractivity contribution in [1.82, 2.24) is 9.88 Å². The van der Waals surface area contributed by atoms with Crippen molar-refractivity contribution in [2.75, 3.05) is 7.05 Å². The molecule has 1 amide bonds. The second kappa shape index (κ2) is 4.95. The molecule has 0 spiro atoms. The maximum absolute atomic E-state index is 11.5. The molecule has 0 atom stereocenters. The fourth-order valence-electron chi connectivity index (χ4n) is 1.80. The number of hydrogen-bond acceptors (Lipinski definition) is 2. The highest BCUT2D eigenvalue weighted by Crippen LogP contribution is 2.12. The first-order valence-electron chi connectivity index (χ1n) is 5.79. The largest absolute Gasteiger partial charge is 0.340 e. The van der Waals surface area contributed by atoms with Gasteiger partial charge in [-0.3, -0.25) is 9.78 Å². The first-order chi connectivity index (χ1) is 8.20. The topological polar surface area (TPSA) is 33.2 Å². The number of fused-ring (bicyclic) bond motifs is 1. The van der Waals surface area contributed by atoms with Crippen LogP contribution in [0.25, 0.3) is 10.9 Å². The summed E-state index contributed by atoms with van der Waals surface area (Å²) in [6, 6.07) is 12.0. The van der Waals surface area contributed by atoms with Gasteiger partial charge in [-0.25, -0.2) is 0 Å². The molecule has 2 rings (SSSR count). The molecule has 1 aromatic heterocycles. The zero-order valence-electron chi connectivity index (χ0n) is 10.2. The Hall–Kier alpha value is -1.90. The molecule has 3 nitrogen and oxygen atoms in total. The van der Waals surface area contributed by atoms with Crippen molar-refractivity contribution in [3.63, 3.8) is 0 Å². The lowest BCUT2D eigenvalue weighted by atomic mass is 10.2. The smallest absolute Gasteiger partial charge is 0.222 e. The molecule has 0 aliphatic rings. The van der Waals surface area contributed by atoms with E-state index in [1.807, 2.05) is 50.4 Å². The molecule has 0 fully saturated rings. The molecule has 0 saturated heterocycles. The van der Waals surface area contributed by atoms with Crippen molar-refractivity contribution in [2.24, 2.45) is 0 Å². The molecule has 0 unspecified atom stereocenters. The summed E-state index contributed by atoms with van der Waals surface area (Å²) < 4.78 is 0. The number of hydrogen-bond donors (Lipinski definition) is 0. The lowest BCUT2D eigenvalue weighted by Crippen LogP contribution is -2.25. The SMILES string of the molecule is CCC(=O)N(C)Cc1ccc2ccccc2n1. The summed E-state index contributed by atoms with van der Waals surface area (Å²) in [7, 11) is 1.81. The van der Waals surface area contributed by atoms with Crippen LogP contribution in [-0.4, -0.2) is 22.8 Å². The van der Waals surface area contributed by atoms with E-state index < -0.39 is 0 Å². The number of para-hydroxylation sites is 1. The van der Waals surface area contributed by atoms with E-state index in [1.54, 1.807) is 4.90 Å². The van der Waals surface area contributed by atoms with Gasteiger partial charge in [-0.05, 0) is 12.1 Å². The normalized spacial score (nSPS) is 10.5. The summed E-state index contributed by atoms with van der Waals surface area (Å²) in [5.41, 5.74) is 1.90. The van der Waals surface area contributed by atoms with Gasteiger partial charge < -0.3 is 4.90 Å². The van der Waals surface area contributed by atoms with Gasteiger partial charge in [-0.2, -0.15) is 0 Å². The van der Waals surface area contributed by atoms with Gasteiger partial charge in [0.2, 0.25) is 5.91 Å². The highest BCUT2D eigenvalue weighted by molar-refractivity contribution is 5.78. The molecule has 0 bridgehead atoms. The summed E-state index contributed by atoms with van der Waals surface area (Å²) in [4.78, 5) is 17.7. The third-order valence-electron chi connectivity index (χ3n) is 2.78. The van der Waals surface area contributed by atoms with Crippen molar-refractivity contribution in [3.05, 3.63) is 42.1 Å². The molecule has 0 aliphatic heterocycles. The quantitative estimate of drug-likeness (QED) is 0.809. The minimum absolute atomic E-state index is 0.139. The van der Waals surface area contributed by atoms with Gasteiger partial charge in [0.05, 0.1) is 17.8 Å². The average Bonchev–Trinajstić information content (AvgIpc) is 2.37. The molecule has 17 heavy (non-hydrogen) atoms. The Morgan fingerprint density at radius 1 is 1.24 bits per heavy atom. The Kier molecular flexibility index (Phi) is 3.38. The summed E-state index contributed by atoms with van der Waals surface area (Å²) in [5.74, 6) is 0.139. The number of nitrogens with zero attached hydrogens (tertiary/aromatic N) is 2. The number of aromatic nitrogens is 1. The zero-order valence-corrected chi connectivity index (χ0v) is 10.2. The maximum Gasteiger partial charge on any atom is 0.222 e. The highest BCUT2D eigenvalue weighted by Gasteiger charge is 2.07. The summed E-state index contributed by atoms with van der Waals surface area (Å²) in [5, 5.41) is 1.13. The molecule has 0 aliphatic carbocycles. The van der Waals surface area contributed by atoms with Crippen LogP contribution in [0.4, 0.5) is 0 Å². The minimum atomic E-state index is 0.139. The van der Waals surface area contributed by atoms with Gasteiger partial charge in [-0.15, -0.1) is 0 Å². The molecule has 0 radical (unpaired) electrons. The van der Waals surface area contributed by atoms with E-state index in [2.05, 4.69) is 4.98 Å². The van der Waals surface area contributed by atoms with E-state index in [1.165, 1.54) is 0 Å². The van der Waals surface area contributed by atoms with Crippen molar-refractivity contribution >= 4 is 16.8 Å². The molecule has 0 N–H and O–H groups in total. The molecule has 0 saturated carbocycles. The molecule has 3 heteroatoms. The molecule has 1 heterocycles. The Bertz CT molecular complexity index is 536. The van der Waals surface area contributed by atoms with E-state index in [0.717, 1.165) is 16.6 Å². The van der Waals surface area contributed by atoms with E-state index in [-0.39, 0.29) is 5.91 Å². The van der Waals surface area contributed by atoms with Crippen LogP contribution in [0.2, 0.25) is 0 Å². The van der Waals surface area contributed by atoms with Crippen LogP contribution in [-0.2, 0) is 11.3 Å². The van der Waals surface area contributed by atoms with Crippen LogP contribution in [0.15, 0.2) is 36.4 Å². The summed E-state index contributed by atoms with van der Waals surface area (Å²) in [6.45, 7) is 2.43. The van der Waals surface area contributed by atoms with Gasteiger partial charge in [-0.1, -0.05) is 31.2 Å². The highest BCUT2D eigenvalue weighted by atomic mass is 16.2. The van der Waals surface area contributed by atoms with Gasteiger partial charge in [0.15, 0.2) is 0 Å². The lowest BCUT2D eigenvalue weighted by Gasteiger charge is -2.15. The molecular weight excluding hydrogens is 212 g/mol. The minimum Gasteiger partial charge on any atom is -0.340 e. The van der Waals surface area contributed by atoms with E-state index in [9.17, 15) is 4.79 Å². The first-order valence-corrected chi connectivity index (χ1v) is 5.79. The number of benzene rings is 1. The van der Waals surface area contributed by atoms with Crippen molar-refractivity contribution in [2.45, 2.75) is 19.9 Å². The number of amides is 1. The zero-order chi connectivity index (χ0) is 12.3. The van der Waals surface area contributed by atoms with E-state index >= 15 is 0 Å². The van der Waals surface area contributed by atoms with Crippen LogP contribution in [0.3, 0.4) is 0 Å². The Labute approximate surface area is 101 Å². The van der Waals surface area contributed by atoms with Crippen molar-refractivity contribution in [3.8, 4) is 0 Å². The predicted molar refractivity (Wildman–Crippen MR) is 68.5 cm³/mol. The second-order valence-corrected chi connectivity index (χ2v) is 4.10. The second-order valence-electron chi connectivity index (χ2n) is 4.10. The number of carbonyl (C=O) groups excluding carboxylic acids is 1. The number of pyridine rings is 1. The van der Waals surface area contributed by atoms with Gasteiger partial charge in [0.1, 0.15) is 0 Å². The van der Waals surface area contributed by atoms with Crippen LogP contribution in [0, 0.1) is 0 Å². The van der Waals surface area contributed by atoms with E-state index in [0.29, 0.717) is 13.0 Å². The Balaban J connectivity index is 2.22. The van der Waals surface area contributed by atoms with Crippen LogP contribution in [0.1, 0.15) is 19.0 Å². The Morgan fingerprint density at radius 2 is 2.00 bits per heavy atom. The monoisotopic (exact) mass is 228 g/mol. The molecular formula is C14H16N2O. The number of rotatable bonds is 3. The summed E-state index contributed by atoms with van der Waals surface area (Å²) in [6.07, 6.45) is 0.532. The third kappa shape index (κ3) is 2.61. The maximum atomic E-state index is 11.5. The molecule has 1 aromatic carbocycles. The lowest BCUT2D eigenvalue weighted by molar-refractivity contribution is -0.130. The number of carbonyl (C=O) groups is 1. The van der Waals surface area contributed by atoms with E-state index in [4.69, 9.17) is 0 Å². The van der Waals surface area contributed by atoms with Crippen molar-refractivity contribution < 1.29 is 4.79 Å². The van der Waals surface area contributed by atoms with Crippen LogP contribution < -0.4 is 0 Å². The van der Waals surface area contributed by atoms with Crippen LogP contribution in [0.5, 0.6) is 0 Å². The molecule has 2 aromatic rings. The third-order valence-corrected chi connectivity index (χ3v) is 2.78. The fraction of sp³-hybridized carbons (Fsp3) is 0.286. The predicted octanol–water partition coefficient (Wildman–Crippen LogP) is 2.60. The van der Waals surface area contributed by atoms with Crippen LogP contribution >= 0.6 is 0 Å².